The van der Waals surface area contributed by atoms with Gasteiger partial charge in [-0.15, -0.1) is 5.10 Å². The fraction of sp³-hybridized carbons (Fsp3) is 0.833. The van der Waals surface area contributed by atoms with Gasteiger partial charge in [0.2, 0.25) is 0 Å². The van der Waals surface area contributed by atoms with Crippen molar-refractivity contribution in [3.63, 3.8) is 0 Å². The fourth-order valence-corrected chi connectivity index (χ4v) is 3.85. The first-order valence-corrected chi connectivity index (χ1v) is 8.01. The number of nitrogens with zero attached hydrogens (tertiary/aromatic N) is 4. The third-order valence-corrected chi connectivity index (χ3v) is 5.52. The van der Waals surface area contributed by atoms with Crippen LogP contribution in [0.1, 0.15) is 33.6 Å². The molecular weight excluding hydrogens is 264 g/mol. The van der Waals surface area contributed by atoms with Crippen LogP contribution < -0.4 is 0 Å². The fourth-order valence-electron chi connectivity index (χ4n) is 2.52. The van der Waals surface area contributed by atoms with E-state index in [9.17, 15) is 8.42 Å². The van der Waals surface area contributed by atoms with Gasteiger partial charge >= 0.3 is 0 Å². The molecule has 0 N–H and O–H groups in total. The second kappa shape index (κ2) is 4.86. The lowest BCUT2D eigenvalue weighted by Gasteiger charge is -2.37. The number of rotatable bonds is 2. The number of aromatic nitrogens is 3. The summed E-state index contributed by atoms with van der Waals surface area (Å²) in [6.07, 6.45) is 3.21. The molecule has 0 spiro atoms. The maximum atomic E-state index is 12.3. The van der Waals surface area contributed by atoms with Gasteiger partial charge < -0.3 is 0 Å². The SMILES string of the molecule is Cn1cnc(S(=O)(=O)N2CCC(C(C)(C)C)CC2)n1. The summed E-state index contributed by atoms with van der Waals surface area (Å²) in [4.78, 5) is 3.85. The Hall–Kier alpha value is -0.950. The molecule has 108 valence electrons. The quantitative estimate of drug-likeness (QED) is 0.821. The van der Waals surface area contributed by atoms with E-state index in [0.29, 0.717) is 19.0 Å². The molecule has 2 heterocycles. The molecule has 0 radical (unpaired) electrons. The molecule has 1 fully saturated rings. The van der Waals surface area contributed by atoms with E-state index in [1.54, 1.807) is 7.05 Å². The van der Waals surface area contributed by atoms with Crippen molar-refractivity contribution in [3.8, 4) is 0 Å². The van der Waals surface area contributed by atoms with Gasteiger partial charge in [0.05, 0.1) is 0 Å². The summed E-state index contributed by atoms with van der Waals surface area (Å²) in [7, 11) is -1.86. The molecule has 2 rings (SSSR count). The average molecular weight is 286 g/mol. The van der Waals surface area contributed by atoms with Crippen molar-refractivity contribution in [2.45, 2.75) is 38.8 Å². The molecular formula is C12H22N4O2S. The maximum Gasteiger partial charge on any atom is 0.282 e. The molecule has 0 atom stereocenters. The Morgan fingerprint density at radius 3 is 2.26 bits per heavy atom. The van der Waals surface area contributed by atoms with Crippen molar-refractivity contribution >= 4 is 10.0 Å². The van der Waals surface area contributed by atoms with Crippen LogP contribution in [0.15, 0.2) is 11.5 Å². The summed E-state index contributed by atoms with van der Waals surface area (Å²) in [6, 6.07) is 0. The van der Waals surface area contributed by atoms with E-state index in [1.165, 1.54) is 15.3 Å². The Kier molecular flexibility index (Phi) is 3.70. The summed E-state index contributed by atoms with van der Waals surface area (Å²) >= 11 is 0. The second-order valence-corrected chi connectivity index (χ2v) is 8.08. The Balaban J connectivity index is 2.09. The Morgan fingerprint density at radius 1 is 1.26 bits per heavy atom. The summed E-state index contributed by atoms with van der Waals surface area (Å²) in [5, 5.41) is 3.81. The van der Waals surface area contributed by atoms with Gasteiger partial charge in [-0.1, -0.05) is 20.8 Å². The number of hydrogen-bond acceptors (Lipinski definition) is 4. The summed E-state index contributed by atoms with van der Waals surface area (Å²) < 4.78 is 27.6. The van der Waals surface area contributed by atoms with Gasteiger partial charge in [-0.05, 0) is 24.2 Å². The number of hydrogen-bond donors (Lipinski definition) is 0. The summed E-state index contributed by atoms with van der Waals surface area (Å²) in [6.45, 7) is 7.75. The van der Waals surface area contributed by atoms with Crippen LogP contribution in [0.2, 0.25) is 0 Å². The van der Waals surface area contributed by atoms with Crippen LogP contribution in [0.3, 0.4) is 0 Å². The van der Waals surface area contributed by atoms with Crippen molar-refractivity contribution in [1.29, 1.82) is 0 Å². The van der Waals surface area contributed by atoms with Crippen molar-refractivity contribution in [1.82, 2.24) is 19.1 Å². The topological polar surface area (TPSA) is 68.1 Å². The highest BCUT2D eigenvalue weighted by Gasteiger charge is 2.35. The zero-order valence-electron chi connectivity index (χ0n) is 12.0. The first-order chi connectivity index (χ1) is 8.71. The summed E-state index contributed by atoms with van der Waals surface area (Å²) in [5.74, 6) is 0.565. The largest absolute Gasteiger partial charge is 0.282 e. The van der Waals surface area contributed by atoms with E-state index < -0.39 is 10.0 Å². The van der Waals surface area contributed by atoms with Crippen LogP contribution in [0.4, 0.5) is 0 Å². The zero-order valence-corrected chi connectivity index (χ0v) is 12.8. The molecule has 0 amide bonds. The zero-order chi connectivity index (χ0) is 14.3. The van der Waals surface area contributed by atoms with Crippen LogP contribution in [-0.4, -0.2) is 40.6 Å². The van der Waals surface area contributed by atoms with Gasteiger partial charge in [0.15, 0.2) is 0 Å². The lowest BCUT2D eigenvalue weighted by Crippen LogP contribution is -2.41. The summed E-state index contributed by atoms with van der Waals surface area (Å²) in [5.41, 5.74) is 0.235. The van der Waals surface area contributed by atoms with E-state index in [1.807, 2.05) is 0 Å². The Bertz CT molecular complexity index is 536. The first-order valence-electron chi connectivity index (χ1n) is 6.57. The van der Waals surface area contributed by atoms with Gasteiger partial charge in [0.1, 0.15) is 6.33 Å². The maximum absolute atomic E-state index is 12.3. The third-order valence-electron chi connectivity index (χ3n) is 3.83. The van der Waals surface area contributed by atoms with Gasteiger partial charge in [-0.25, -0.2) is 13.4 Å². The first kappa shape index (κ1) is 14.5. The molecule has 1 saturated heterocycles. The average Bonchev–Trinajstić information content (AvgIpc) is 2.76. The van der Waals surface area contributed by atoms with Crippen molar-refractivity contribution in [2.75, 3.05) is 13.1 Å². The highest BCUT2D eigenvalue weighted by molar-refractivity contribution is 7.88. The third kappa shape index (κ3) is 2.97. The normalized spacial score (nSPS) is 19.8. The molecule has 0 unspecified atom stereocenters. The van der Waals surface area contributed by atoms with Crippen molar-refractivity contribution in [2.24, 2.45) is 18.4 Å². The van der Waals surface area contributed by atoms with Crippen LogP contribution in [0.5, 0.6) is 0 Å². The minimum absolute atomic E-state index is 0.0933. The van der Waals surface area contributed by atoms with Gasteiger partial charge in [0, 0.05) is 20.1 Å². The van der Waals surface area contributed by atoms with Gasteiger partial charge in [-0.2, -0.15) is 4.31 Å². The standard InChI is InChI=1S/C12H22N4O2S/c1-12(2,3)10-5-7-16(8-6-10)19(17,18)11-13-9-15(4)14-11/h9-10H,5-8H2,1-4H3. The second-order valence-electron chi connectivity index (χ2n) is 6.25. The van der Waals surface area contributed by atoms with E-state index in [2.05, 4.69) is 30.9 Å². The minimum Gasteiger partial charge on any atom is -0.255 e. The lowest BCUT2D eigenvalue weighted by atomic mass is 9.76. The number of sulfonamides is 1. The number of aryl methyl sites for hydroxylation is 1. The molecule has 0 bridgehead atoms. The van der Waals surface area contributed by atoms with Crippen LogP contribution >= 0.6 is 0 Å². The molecule has 1 aromatic rings. The van der Waals surface area contributed by atoms with Crippen LogP contribution in [0, 0.1) is 11.3 Å². The van der Waals surface area contributed by atoms with E-state index >= 15 is 0 Å². The van der Waals surface area contributed by atoms with Crippen LogP contribution in [-0.2, 0) is 17.1 Å². The predicted molar refractivity (Wildman–Crippen MR) is 71.9 cm³/mol. The molecule has 0 aliphatic carbocycles. The molecule has 6 nitrogen and oxygen atoms in total. The molecule has 19 heavy (non-hydrogen) atoms. The minimum atomic E-state index is -3.52. The van der Waals surface area contributed by atoms with Crippen LogP contribution in [0.25, 0.3) is 0 Å². The highest BCUT2D eigenvalue weighted by Crippen LogP contribution is 2.35. The molecule has 0 aromatic carbocycles. The Labute approximate surface area is 114 Å². The molecule has 1 aliphatic rings. The predicted octanol–water partition coefficient (Wildman–Crippen LogP) is 1.26. The smallest absolute Gasteiger partial charge is 0.255 e. The molecule has 7 heteroatoms. The Morgan fingerprint density at radius 2 is 1.84 bits per heavy atom. The molecule has 0 saturated carbocycles. The monoisotopic (exact) mass is 286 g/mol. The van der Waals surface area contributed by atoms with E-state index in [4.69, 9.17) is 0 Å². The molecule has 1 aliphatic heterocycles. The molecule has 1 aromatic heterocycles. The lowest BCUT2D eigenvalue weighted by molar-refractivity contribution is 0.153. The van der Waals surface area contributed by atoms with Gasteiger partial charge in [0.25, 0.3) is 15.2 Å². The highest BCUT2D eigenvalue weighted by atomic mass is 32.2. The van der Waals surface area contributed by atoms with Crippen molar-refractivity contribution in [3.05, 3.63) is 6.33 Å². The van der Waals surface area contributed by atoms with E-state index in [-0.39, 0.29) is 10.6 Å². The van der Waals surface area contributed by atoms with Gasteiger partial charge in [-0.3, -0.25) is 4.68 Å². The van der Waals surface area contributed by atoms with E-state index in [0.717, 1.165) is 12.8 Å². The number of piperidine rings is 1. The van der Waals surface area contributed by atoms with Crippen molar-refractivity contribution < 1.29 is 8.42 Å².